The molecule has 1 heterocycles. The first-order chi connectivity index (χ1) is 14.2. The predicted molar refractivity (Wildman–Crippen MR) is 109 cm³/mol. The van der Waals surface area contributed by atoms with E-state index in [4.69, 9.17) is 9.15 Å². The van der Waals surface area contributed by atoms with Gasteiger partial charge in [-0.05, 0) is 35.4 Å². The van der Waals surface area contributed by atoms with Crippen LogP contribution in [0.15, 0.2) is 83.3 Å². The fraction of sp³-hybridized carbons (Fsp3) is 0.0870. The van der Waals surface area contributed by atoms with Crippen LogP contribution in [-0.4, -0.2) is 23.2 Å². The van der Waals surface area contributed by atoms with Crippen LogP contribution in [-0.2, 0) is 6.54 Å². The van der Waals surface area contributed by atoms with Crippen molar-refractivity contribution in [2.75, 3.05) is 7.11 Å². The van der Waals surface area contributed by atoms with Crippen molar-refractivity contribution in [3.63, 3.8) is 0 Å². The number of carbonyl (C=O) groups excluding carboxylic acids is 1. The number of rotatable bonds is 6. The van der Waals surface area contributed by atoms with E-state index in [1.807, 2.05) is 72.8 Å². The lowest BCUT2D eigenvalue weighted by molar-refractivity contribution is 0.0947. The molecule has 144 valence electrons. The second-order valence-electron chi connectivity index (χ2n) is 6.33. The second kappa shape index (κ2) is 8.39. The molecule has 1 aromatic heterocycles. The Morgan fingerprint density at radius 1 is 0.931 bits per heavy atom. The molecule has 0 aliphatic carbocycles. The molecule has 0 aliphatic heterocycles. The molecule has 1 N–H and O–H groups in total. The largest absolute Gasteiger partial charge is 0.496 e. The van der Waals surface area contributed by atoms with Gasteiger partial charge >= 0.3 is 0 Å². The zero-order chi connectivity index (χ0) is 20.1. The Labute approximate surface area is 168 Å². The van der Waals surface area contributed by atoms with Crippen LogP contribution in [0.4, 0.5) is 0 Å². The molecule has 0 saturated heterocycles. The van der Waals surface area contributed by atoms with Crippen molar-refractivity contribution in [1.82, 2.24) is 15.5 Å². The highest BCUT2D eigenvalue weighted by atomic mass is 16.5. The summed E-state index contributed by atoms with van der Waals surface area (Å²) >= 11 is 0. The van der Waals surface area contributed by atoms with Gasteiger partial charge in [-0.25, -0.2) is 0 Å². The molecule has 0 unspecified atom stereocenters. The standard InChI is InChI=1S/C23H19N3O3/c1-28-20-13-6-5-12-19(20)23-26-25-21(29-23)15-24-22(27)18-11-7-10-17(14-18)16-8-3-2-4-9-16/h2-14H,15H2,1H3,(H,24,27). The van der Waals surface area contributed by atoms with Crippen molar-refractivity contribution < 1.29 is 13.9 Å². The van der Waals surface area contributed by atoms with Gasteiger partial charge in [-0.2, -0.15) is 0 Å². The zero-order valence-corrected chi connectivity index (χ0v) is 15.8. The molecule has 6 nitrogen and oxygen atoms in total. The molecular weight excluding hydrogens is 366 g/mol. The van der Waals surface area contributed by atoms with E-state index in [0.717, 1.165) is 11.1 Å². The molecule has 29 heavy (non-hydrogen) atoms. The number of amides is 1. The van der Waals surface area contributed by atoms with Gasteiger partial charge in [-0.15, -0.1) is 10.2 Å². The lowest BCUT2D eigenvalue weighted by Crippen LogP contribution is -2.22. The number of aromatic nitrogens is 2. The van der Waals surface area contributed by atoms with E-state index < -0.39 is 0 Å². The highest BCUT2D eigenvalue weighted by Crippen LogP contribution is 2.28. The Bertz CT molecular complexity index is 1120. The quantitative estimate of drug-likeness (QED) is 0.534. The highest BCUT2D eigenvalue weighted by molar-refractivity contribution is 5.95. The van der Waals surface area contributed by atoms with Gasteiger partial charge < -0.3 is 14.5 Å². The Kier molecular flexibility index (Phi) is 5.33. The molecule has 0 spiro atoms. The molecule has 0 atom stereocenters. The number of hydrogen-bond acceptors (Lipinski definition) is 5. The minimum absolute atomic E-state index is 0.135. The summed E-state index contributed by atoms with van der Waals surface area (Å²) in [6.45, 7) is 0.135. The maximum atomic E-state index is 12.6. The summed E-state index contributed by atoms with van der Waals surface area (Å²) in [5.74, 6) is 1.10. The van der Waals surface area contributed by atoms with Crippen molar-refractivity contribution >= 4 is 5.91 Å². The number of para-hydroxylation sites is 1. The molecule has 0 bridgehead atoms. The van der Waals surface area contributed by atoms with Gasteiger partial charge in [-0.3, -0.25) is 4.79 Å². The number of nitrogens with one attached hydrogen (secondary N) is 1. The van der Waals surface area contributed by atoms with Gasteiger partial charge in [0.2, 0.25) is 5.89 Å². The van der Waals surface area contributed by atoms with Gasteiger partial charge in [0.25, 0.3) is 11.8 Å². The first-order valence-electron chi connectivity index (χ1n) is 9.14. The molecule has 4 aromatic rings. The first kappa shape index (κ1) is 18.4. The maximum absolute atomic E-state index is 12.6. The van der Waals surface area contributed by atoms with Gasteiger partial charge in [0, 0.05) is 5.56 Å². The predicted octanol–water partition coefficient (Wildman–Crippen LogP) is 4.34. The first-order valence-corrected chi connectivity index (χ1v) is 9.14. The van der Waals surface area contributed by atoms with Crippen molar-refractivity contribution in [3.8, 4) is 28.3 Å². The second-order valence-corrected chi connectivity index (χ2v) is 6.33. The third kappa shape index (κ3) is 4.16. The van der Waals surface area contributed by atoms with Crippen LogP contribution in [0, 0.1) is 0 Å². The molecule has 0 radical (unpaired) electrons. The van der Waals surface area contributed by atoms with E-state index in [-0.39, 0.29) is 12.5 Å². The van der Waals surface area contributed by atoms with Gasteiger partial charge in [0.15, 0.2) is 0 Å². The molecule has 0 aliphatic rings. The van der Waals surface area contributed by atoms with E-state index in [1.165, 1.54) is 0 Å². The number of hydrogen-bond donors (Lipinski definition) is 1. The van der Waals surface area contributed by atoms with Crippen LogP contribution in [0.5, 0.6) is 5.75 Å². The molecule has 0 fully saturated rings. The van der Waals surface area contributed by atoms with Crippen LogP contribution < -0.4 is 10.1 Å². The zero-order valence-electron chi connectivity index (χ0n) is 15.8. The van der Waals surface area contributed by atoms with Crippen LogP contribution in [0.2, 0.25) is 0 Å². The van der Waals surface area contributed by atoms with Crippen molar-refractivity contribution in [3.05, 3.63) is 90.3 Å². The summed E-state index contributed by atoms with van der Waals surface area (Å²) in [6.07, 6.45) is 0. The van der Waals surface area contributed by atoms with Crippen LogP contribution in [0.1, 0.15) is 16.2 Å². The lowest BCUT2D eigenvalue weighted by atomic mass is 10.0. The summed E-state index contributed by atoms with van der Waals surface area (Å²) < 4.78 is 11.0. The van der Waals surface area contributed by atoms with E-state index in [9.17, 15) is 4.79 Å². The molecule has 3 aromatic carbocycles. The fourth-order valence-electron chi connectivity index (χ4n) is 2.98. The summed E-state index contributed by atoms with van der Waals surface area (Å²) in [7, 11) is 1.58. The molecular formula is C23H19N3O3. The van der Waals surface area contributed by atoms with Crippen molar-refractivity contribution in [2.24, 2.45) is 0 Å². The average molecular weight is 385 g/mol. The topological polar surface area (TPSA) is 77.3 Å². The summed E-state index contributed by atoms with van der Waals surface area (Å²) in [5.41, 5.74) is 3.31. The fourth-order valence-corrected chi connectivity index (χ4v) is 2.98. The van der Waals surface area contributed by atoms with Crippen LogP contribution in [0.25, 0.3) is 22.6 Å². The summed E-state index contributed by atoms with van der Waals surface area (Å²) in [4.78, 5) is 12.6. The third-order valence-corrected chi connectivity index (χ3v) is 4.44. The average Bonchev–Trinajstić information content (AvgIpc) is 3.27. The summed E-state index contributed by atoms with van der Waals surface area (Å²) in [5, 5.41) is 10.9. The minimum Gasteiger partial charge on any atom is -0.496 e. The number of nitrogens with zero attached hydrogens (tertiary/aromatic N) is 2. The van der Waals surface area contributed by atoms with E-state index in [2.05, 4.69) is 15.5 Å². The molecule has 6 heteroatoms. The third-order valence-electron chi connectivity index (χ3n) is 4.44. The highest BCUT2D eigenvalue weighted by Gasteiger charge is 2.14. The smallest absolute Gasteiger partial charge is 0.251 e. The SMILES string of the molecule is COc1ccccc1-c1nnc(CNC(=O)c2cccc(-c3ccccc3)c2)o1. The van der Waals surface area contributed by atoms with E-state index >= 15 is 0 Å². The van der Waals surface area contributed by atoms with Gasteiger partial charge in [0.05, 0.1) is 19.2 Å². The Morgan fingerprint density at radius 3 is 2.52 bits per heavy atom. The minimum atomic E-state index is -0.208. The molecule has 1 amide bonds. The number of methoxy groups -OCH3 is 1. The Balaban J connectivity index is 1.45. The van der Waals surface area contributed by atoms with E-state index in [1.54, 1.807) is 13.2 Å². The lowest BCUT2D eigenvalue weighted by Gasteiger charge is -2.06. The van der Waals surface area contributed by atoms with Gasteiger partial charge in [0.1, 0.15) is 5.75 Å². The number of benzene rings is 3. The van der Waals surface area contributed by atoms with Crippen molar-refractivity contribution in [1.29, 1.82) is 0 Å². The molecule has 4 rings (SSSR count). The Hall–Kier alpha value is -3.93. The number of carbonyl (C=O) groups is 1. The maximum Gasteiger partial charge on any atom is 0.251 e. The van der Waals surface area contributed by atoms with E-state index in [0.29, 0.717) is 28.7 Å². The van der Waals surface area contributed by atoms with Crippen molar-refractivity contribution in [2.45, 2.75) is 6.54 Å². The van der Waals surface area contributed by atoms with Crippen LogP contribution in [0.3, 0.4) is 0 Å². The monoisotopic (exact) mass is 385 g/mol. The Morgan fingerprint density at radius 2 is 1.69 bits per heavy atom. The van der Waals surface area contributed by atoms with Crippen LogP contribution >= 0.6 is 0 Å². The normalized spacial score (nSPS) is 10.5. The molecule has 0 saturated carbocycles. The van der Waals surface area contributed by atoms with Gasteiger partial charge in [-0.1, -0.05) is 54.6 Å². The number of ether oxygens (including phenoxy) is 1. The summed E-state index contributed by atoms with van der Waals surface area (Å²) in [6, 6.07) is 24.8.